The number of nitrogens with zero attached hydrogens (tertiary/aromatic N) is 3. The van der Waals surface area contributed by atoms with Crippen LogP contribution in [0.2, 0.25) is 0 Å². The largest absolute Gasteiger partial charge is 0.358 e. The van der Waals surface area contributed by atoms with Crippen molar-refractivity contribution in [1.82, 2.24) is 25.0 Å². The van der Waals surface area contributed by atoms with E-state index >= 15 is 0 Å². The number of H-pyrrole nitrogens is 1. The molecule has 0 saturated carbocycles. The Labute approximate surface area is 184 Å². The first-order valence-electron chi connectivity index (χ1n) is 9.67. The second kappa shape index (κ2) is 9.28. The van der Waals surface area contributed by atoms with Crippen LogP contribution in [-0.4, -0.2) is 52.8 Å². The number of carbonyl (C=O) groups is 1. The lowest BCUT2D eigenvalue weighted by Crippen LogP contribution is -2.27. The predicted molar refractivity (Wildman–Crippen MR) is 121 cm³/mol. The van der Waals surface area contributed by atoms with Crippen LogP contribution in [0.5, 0.6) is 0 Å². The van der Waals surface area contributed by atoms with Crippen molar-refractivity contribution >= 4 is 29.2 Å². The number of pyridine rings is 1. The molecule has 2 aromatic rings. The van der Waals surface area contributed by atoms with E-state index in [1.165, 1.54) is 16.9 Å². The first-order chi connectivity index (χ1) is 14.5. The third-order valence-corrected chi connectivity index (χ3v) is 4.95. The Morgan fingerprint density at radius 3 is 2.65 bits per heavy atom. The molecule has 2 aromatic carbocycles. The van der Waals surface area contributed by atoms with Crippen LogP contribution in [-0.2, 0) is 0 Å². The molecule has 2 N–H and O–H groups in total. The van der Waals surface area contributed by atoms with E-state index in [0.29, 0.717) is 40.0 Å². The lowest BCUT2D eigenvalue weighted by Gasteiger charge is -2.10. The second-order valence-corrected chi connectivity index (χ2v) is 7.39. The van der Waals surface area contributed by atoms with Crippen LogP contribution in [0.1, 0.15) is 16.8 Å². The minimum absolute atomic E-state index is 0. The van der Waals surface area contributed by atoms with E-state index in [1.807, 2.05) is 14.1 Å². The number of aromatic nitrogens is 3. The van der Waals surface area contributed by atoms with Crippen LogP contribution in [0.15, 0.2) is 53.5 Å². The second-order valence-electron chi connectivity index (χ2n) is 7.39. The van der Waals surface area contributed by atoms with E-state index in [2.05, 4.69) is 20.3 Å². The maximum Gasteiger partial charge on any atom is 0.282 e. The molecule has 0 aliphatic carbocycles. The van der Waals surface area contributed by atoms with Gasteiger partial charge in [0.25, 0.3) is 11.5 Å². The van der Waals surface area contributed by atoms with E-state index in [4.69, 9.17) is 0 Å². The van der Waals surface area contributed by atoms with Gasteiger partial charge in [0.15, 0.2) is 0 Å². The van der Waals surface area contributed by atoms with Crippen molar-refractivity contribution < 1.29 is 9.18 Å². The summed E-state index contributed by atoms with van der Waals surface area (Å²) in [5.74, 6) is -0.568. The lowest BCUT2D eigenvalue weighted by atomic mass is 10.1. The van der Waals surface area contributed by atoms with Crippen molar-refractivity contribution in [3.8, 4) is 16.9 Å². The summed E-state index contributed by atoms with van der Waals surface area (Å²) in [6, 6.07) is 11.3. The van der Waals surface area contributed by atoms with Gasteiger partial charge in [-0.25, -0.2) is 4.39 Å². The molecule has 0 radical (unpaired) electrons. The quantitative estimate of drug-likeness (QED) is 0.449. The monoisotopic (exact) mass is 443 g/mol. The minimum atomic E-state index is -0.405. The summed E-state index contributed by atoms with van der Waals surface area (Å²) in [5, 5.41) is 7.84. The summed E-state index contributed by atoms with van der Waals surface area (Å²) in [6.07, 6.45) is 2.34. The zero-order valence-corrected chi connectivity index (χ0v) is 18.0. The number of halogens is 2. The number of hydrogen-bond donors (Lipinski definition) is 2. The van der Waals surface area contributed by atoms with Crippen LogP contribution in [0.25, 0.3) is 27.8 Å². The van der Waals surface area contributed by atoms with Crippen LogP contribution in [0.3, 0.4) is 0 Å². The Kier molecular flexibility index (Phi) is 6.72. The van der Waals surface area contributed by atoms with E-state index in [9.17, 15) is 14.0 Å². The molecule has 0 bridgehead atoms. The fourth-order valence-corrected chi connectivity index (χ4v) is 3.38. The fourth-order valence-electron chi connectivity index (χ4n) is 3.38. The molecule has 4 rings (SSSR count). The lowest BCUT2D eigenvalue weighted by molar-refractivity contribution is 0.0952. The highest BCUT2D eigenvalue weighted by Gasteiger charge is 2.20. The first-order valence-corrected chi connectivity index (χ1v) is 9.67. The molecule has 0 saturated heterocycles. The third-order valence-electron chi connectivity index (χ3n) is 4.95. The number of para-hydroxylation sites is 1. The molecule has 9 heteroatoms. The van der Waals surface area contributed by atoms with E-state index in [1.54, 1.807) is 36.4 Å². The summed E-state index contributed by atoms with van der Waals surface area (Å²) >= 11 is 0. The molecule has 2 aliphatic heterocycles. The smallest absolute Gasteiger partial charge is 0.282 e. The number of benzene rings is 2. The SMILES string of the molecule is CN(C)CCCNC(=O)c1ccc(-n2nc3c4cccc(F)c4[nH]cc-3c2=O)cc1.Cl. The Morgan fingerprint density at radius 2 is 1.94 bits per heavy atom. The Bertz CT molecular complexity index is 1230. The van der Waals surface area contributed by atoms with Crippen molar-refractivity contribution in [2.24, 2.45) is 0 Å². The van der Waals surface area contributed by atoms with Gasteiger partial charge in [0, 0.05) is 23.7 Å². The van der Waals surface area contributed by atoms with Gasteiger partial charge < -0.3 is 15.2 Å². The molecule has 0 atom stereocenters. The van der Waals surface area contributed by atoms with Gasteiger partial charge in [-0.1, -0.05) is 12.1 Å². The average molecular weight is 444 g/mol. The number of aromatic amines is 1. The van der Waals surface area contributed by atoms with Gasteiger partial charge in [0.05, 0.1) is 16.8 Å². The number of amides is 1. The molecular formula is C22H23ClFN5O2. The van der Waals surface area contributed by atoms with E-state index in [0.717, 1.165) is 13.0 Å². The van der Waals surface area contributed by atoms with Gasteiger partial charge in [-0.3, -0.25) is 9.59 Å². The predicted octanol–water partition coefficient (Wildman–Crippen LogP) is 3.06. The highest BCUT2D eigenvalue weighted by atomic mass is 35.5. The van der Waals surface area contributed by atoms with Crippen LogP contribution < -0.4 is 10.9 Å². The van der Waals surface area contributed by atoms with Crippen LogP contribution >= 0.6 is 12.4 Å². The summed E-state index contributed by atoms with van der Waals surface area (Å²) in [5.41, 5.74) is 1.83. The fraction of sp³-hybridized carbons (Fsp3) is 0.227. The minimum Gasteiger partial charge on any atom is -0.358 e. The van der Waals surface area contributed by atoms with Gasteiger partial charge in [-0.15, -0.1) is 12.4 Å². The summed E-state index contributed by atoms with van der Waals surface area (Å²) in [6.45, 7) is 1.49. The average Bonchev–Trinajstić information content (AvgIpc) is 3.08. The molecule has 0 unspecified atom stereocenters. The number of hydrogen-bond acceptors (Lipinski definition) is 4. The zero-order valence-electron chi connectivity index (χ0n) is 17.2. The summed E-state index contributed by atoms with van der Waals surface area (Å²) in [7, 11) is 3.97. The summed E-state index contributed by atoms with van der Waals surface area (Å²) < 4.78 is 15.3. The first kappa shape index (κ1) is 22.5. The highest BCUT2D eigenvalue weighted by Crippen LogP contribution is 2.27. The summed E-state index contributed by atoms with van der Waals surface area (Å²) in [4.78, 5) is 30.0. The van der Waals surface area contributed by atoms with Crippen molar-refractivity contribution in [3.05, 3.63) is 70.4 Å². The van der Waals surface area contributed by atoms with Gasteiger partial charge >= 0.3 is 0 Å². The van der Waals surface area contributed by atoms with E-state index in [-0.39, 0.29) is 23.9 Å². The van der Waals surface area contributed by atoms with Gasteiger partial charge in [-0.2, -0.15) is 9.78 Å². The normalized spacial score (nSPS) is 11.1. The van der Waals surface area contributed by atoms with Crippen molar-refractivity contribution in [3.63, 3.8) is 0 Å². The topological polar surface area (TPSA) is 83.0 Å². The standard InChI is InChI=1S/C22H22FN5O2.ClH/c1-27(2)12-4-11-24-21(29)14-7-9-15(10-8-14)28-22(30)17-13-25-20-16(19(17)26-28)5-3-6-18(20)23;/h3,5-10,13,25H,4,11-12H2,1-2H3,(H,24,29);1H. The molecule has 162 valence electrons. The molecule has 7 nitrogen and oxygen atoms in total. The third kappa shape index (κ3) is 4.45. The maximum absolute atomic E-state index is 14.0. The molecular weight excluding hydrogens is 421 g/mol. The van der Waals surface area contributed by atoms with E-state index < -0.39 is 5.82 Å². The van der Waals surface area contributed by atoms with Gasteiger partial charge in [-0.05, 0) is 57.4 Å². The molecule has 2 heterocycles. The Hall–Kier alpha value is -3.23. The highest BCUT2D eigenvalue weighted by molar-refractivity contribution is 5.95. The number of fused-ring (bicyclic) bond motifs is 3. The van der Waals surface area contributed by atoms with Crippen molar-refractivity contribution in [2.45, 2.75) is 6.42 Å². The molecule has 31 heavy (non-hydrogen) atoms. The number of nitrogens with one attached hydrogen (secondary N) is 2. The molecule has 1 amide bonds. The molecule has 0 aromatic heterocycles. The zero-order chi connectivity index (χ0) is 21.3. The van der Waals surface area contributed by atoms with Crippen molar-refractivity contribution in [2.75, 3.05) is 27.2 Å². The number of rotatable bonds is 6. The van der Waals surface area contributed by atoms with Crippen molar-refractivity contribution in [1.29, 1.82) is 0 Å². The molecule has 0 fully saturated rings. The Morgan fingerprint density at radius 1 is 1.19 bits per heavy atom. The van der Waals surface area contributed by atoms with Crippen LogP contribution in [0, 0.1) is 5.82 Å². The number of carbonyl (C=O) groups excluding carboxylic acids is 1. The van der Waals surface area contributed by atoms with Gasteiger partial charge in [0.1, 0.15) is 11.5 Å². The maximum atomic E-state index is 14.0. The molecule has 2 aliphatic rings. The Balaban J connectivity index is 0.00000272. The van der Waals surface area contributed by atoms with Gasteiger partial charge in [0.2, 0.25) is 0 Å². The molecule has 0 spiro atoms. The van der Waals surface area contributed by atoms with Crippen LogP contribution in [0.4, 0.5) is 4.39 Å².